The Kier molecular flexibility index (Phi) is 8.74. The fourth-order valence-electron chi connectivity index (χ4n) is 5.64. The largest absolute Gasteiger partial charge is 0.296 e. The van der Waals surface area contributed by atoms with Gasteiger partial charge < -0.3 is 0 Å². The number of rotatable bonds is 6. The molecule has 0 unspecified atom stereocenters. The molecule has 2 fully saturated rings. The number of aryl methyl sites for hydroxylation is 2. The Bertz CT molecular complexity index is 979. The van der Waals surface area contributed by atoms with E-state index in [9.17, 15) is 9.59 Å². The maximum absolute atomic E-state index is 13.1. The minimum Gasteiger partial charge on any atom is -0.296 e. The zero-order chi connectivity index (χ0) is 20.5. The molecule has 1 aliphatic carbocycles. The zero-order valence-corrected chi connectivity index (χ0v) is 20.4. The summed E-state index contributed by atoms with van der Waals surface area (Å²) in [6.45, 7) is 5.18. The Hall–Kier alpha value is -1.46. The molecular formula is C26H34Cl2N2O2. The molecule has 0 aromatic heterocycles. The van der Waals surface area contributed by atoms with E-state index in [4.69, 9.17) is 0 Å². The van der Waals surface area contributed by atoms with Crippen LogP contribution in [-0.4, -0.2) is 60.6 Å². The highest BCUT2D eigenvalue weighted by molar-refractivity contribution is 6.13. The van der Waals surface area contributed by atoms with Crippen molar-refractivity contribution < 1.29 is 9.59 Å². The van der Waals surface area contributed by atoms with Gasteiger partial charge in [0.25, 0.3) is 0 Å². The van der Waals surface area contributed by atoms with Crippen LogP contribution >= 0.6 is 24.8 Å². The van der Waals surface area contributed by atoms with Crippen LogP contribution < -0.4 is 0 Å². The number of benzene rings is 2. The van der Waals surface area contributed by atoms with Crippen LogP contribution in [0.25, 0.3) is 10.8 Å². The predicted octanol–water partition coefficient (Wildman–Crippen LogP) is 5.12. The van der Waals surface area contributed by atoms with Crippen molar-refractivity contribution in [2.75, 3.05) is 39.3 Å². The summed E-state index contributed by atoms with van der Waals surface area (Å²) in [6.07, 6.45) is 9.23. The van der Waals surface area contributed by atoms with Gasteiger partial charge in [0, 0.05) is 11.1 Å². The van der Waals surface area contributed by atoms with E-state index < -0.39 is 0 Å². The van der Waals surface area contributed by atoms with Crippen LogP contribution in [-0.2, 0) is 12.8 Å². The number of hydrogen-bond donors (Lipinski definition) is 0. The lowest BCUT2D eigenvalue weighted by molar-refractivity contribution is 0.0909. The highest BCUT2D eigenvalue weighted by atomic mass is 35.5. The molecule has 0 saturated carbocycles. The number of hydrogen-bond acceptors (Lipinski definition) is 4. The smallest absolute Gasteiger partial charge is 0.177 e. The molecule has 0 spiro atoms. The average molecular weight is 477 g/mol. The second-order valence-corrected chi connectivity index (χ2v) is 9.31. The molecule has 2 heterocycles. The van der Waals surface area contributed by atoms with Crippen molar-refractivity contribution in [2.45, 2.75) is 51.4 Å². The molecule has 32 heavy (non-hydrogen) atoms. The van der Waals surface area contributed by atoms with Gasteiger partial charge in [-0.15, -0.1) is 24.8 Å². The van der Waals surface area contributed by atoms with Crippen LogP contribution in [0.15, 0.2) is 24.3 Å². The maximum Gasteiger partial charge on any atom is 0.177 e. The summed E-state index contributed by atoms with van der Waals surface area (Å²) in [5.74, 6) is 0.459. The fourth-order valence-corrected chi connectivity index (χ4v) is 5.64. The summed E-state index contributed by atoms with van der Waals surface area (Å²) >= 11 is 0. The minimum absolute atomic E-state index is 0. The first-order valence-electron chi connectivity index (χ1n) is 11.8. The first-order valence-corrected chi connectivity index (χ1v) is 11.8. The van der Waals surface area contributed by atoms with Crippen molar-refractivity contribution in [2.24, 2.45) is 0 Å². The second-order valence-electron chi connectivity index (χ2n) is 9.31. The molecule has 0 amide bonds. The fraction of sp³-hybridized carbons (Fsp3) is 0.538. The SMILES string of the molecule is Cl.Cl.O=C(CN1CCCCC1)c1ccc2c(C(=O)CN3CCCCC3)ccc3c2c1CC3. The summed E-state index contributed by atoms with van der Waals surface area (Å²) in [6, 6.07) is 8.19. The normalized spacial score (nSPS) is 18.8. The summed E-state index contributed by atoms with van der Waals surface area (Å²) in [5, 5.41) is 2.24. The standard InChI is InChI=1S/C26H32N2O2.2ClH/c29-24(17-27-13-3-1-4-14-27)20-9-7-19-8-10-22-21(11-12-23(20)26(19)22)25(30)18-28-15-5-2-6-16-28;;/h7,9,11-12H,1-6,8,10,13-18H2;2*1H. The highest BCUT2D eigenvalue weighted by Gasteiger charge is 2.25. The highest BCUT2D eigenvalue weighted by Crippen LogP contribution is 2.35. The van der Waals surface area contributed by atoms with E-state index in [1.165, 1.54) is 55.0 Å². The van der Waals surface area contributed by atoms with Crippen LogP contribution in [0, 0.1) is 0 Å². The molecule has 2 aromatic rings. The third-order valence-corrected chi connectivity index (χ3v) is 7.25. The number of ketones is 2. The number of nitrogens with zero attached hydrogens (tertiary/aromatic N) is 2. The van der Waals surface area contributed by atoms with Crippen molar-refractivity contribution in [3.8, 4) is 0 Å². The second kappa shape index (κ2) is 11.1. The van der Waals surface area contributed by atoms with Crippen LogP contribution in [0.4, 0.5) is 0 Å². The monoisotopic (exact) mass is 476 g/mol. The molecule has 5 rings (SSSR count). The quantitative estimate of drug-likeness (QED) is 0.542. The van der Waals surface area contributed by atoms with Gasteiger partial charge in [0.15, 0.2) is 11.6 Å². The molecule has 6 heteroatoms. The van der Waals surface area contributed by atoms with Crippen LogP contribution in [0.1, 0.15) is 70.4 Å². The third-order valence-electron chi connectivity index (χ3n) is 7.25. The summed E-state index contributed by atoms with van der Waals surface area (Å²) in [4.78, 5) is 30.9. The molecule has 0 atom stereocenters. The van der Waals surface area contributed by atoms with Gasteiger partial charge in [-0.25, -0.2) is 0 Å². The molecule has 2 aliphatic heterocycles. The topological polar surface area (TPSA) is 40.6 Å². The molecule has 4 nitrogen and oxygen atoms in total. The summed E-state index contributed by atoms with van der Waals surface area (Å²) in [5.41, 5.74) is 4.18. The Morgan fingerprint density at radius 3 is 1.78 bits per heavy atom. The number of Topliss-reactive ketones (excluding diaryl/α,β-unsaturated/α-hetero) is 2. The Morgan fingerprint density at radius 2 is 1.19 bits per heavy atom. The number of likely N-dealkylation sites (tertiary alicyclic amines) is 2. The van der Waals surface area contributed by atoms with Crippen LogP contribution in [0.2, 0.25) is 0 Å². The zero-order valence-electron chi connectivity index (χ0n) is 18.7. The van der Waals surface area contributed by atoms with Crippen LogP contribution in [0.3, 0.4) is 0 Å². The van der Waals surface area contributed by atoms with Gasteiger partial charge in [-0.05, 0) is 86.6 Å². The van der Waals surface area contributed by atoms with Gasteiger partial charge in [-0.3, -0.25) is 19.4 Å². The Morgan fingerprint density at radius 1 is 0.656 bits per heavy atom. The first kappa shape index (κ1) is 25.2. The lowest BCUT2D eigenvalue weighted by Gasteiger charge is -2.26. The lowest BCUT2D eigenvalue weighted by atomic mass is 9.93. The minimum atomic E-state index is 0. The van der Waals surface area contributed by atoms with Crippen LogP contribution in [0.5, 0.6) is 0 Å². The van der Waals surface area contributed by atoms with E-state index in [1.54, 1.807) is 0 Å². The number of piperidine rings is 2. The maximum atomic E-state index is 13.1. The molecule has 2 aromatic carbocycles. The van der Waals surface area contributed by atoms with Crippen molar-refractivity contribution >= 4 is 47.2 Å². The number of carbonyl (C=O) groups is 2. The Labute approximate surface area is 203 Å². The van der Waals surface area contributed by atoms with E-state index in [-0.39, 0.29) is 36.4 Å². The number of halogens is 2. The van der Waals surface area contributed by atoms with Gasteiger partial charge in [-0.2, -0.15) is 0 Å². The van der Waals surface area contributed by atoms with E-state index in [2.05, 4.69) is 15.9 Å². The van der Waals surface area contributed by atoms with E-state index in [0.29, 0.717) is 13.1 Å². The lowest BCUT2D eigenvalue weighted by Crippen LogP contribution is -2.34. The molecule has 2 saturated heterocycles. The van der Waals surface area contributed by atoms with Crippen molar-refractivity contribution in [3.05, 3.63) is 46.5 Å². The van der Waals surface area contributed by atoms with Gasteiger partial charge >= 0.3 is 0 Å². The summed E-state index contributed by atoms with van der Waals surface area (Å²) in [7, 11) is 0. The first-order chi connectivity index (χ1) is 14.7. The van der Waals surface area contributed by atoms with Crippen molar-refractivity contribution in [1.82, 2.24) is 9.80 Å². The Balaban J connectivity index is 0.00000144. The molecule has 174 valence electrons. The van der Waals surface area contributed by atoms with E-state index in [1.807, 2.05) is 18.2 Å². The molecule has 3 aliphatic rings. The van der Waals surface area contributed by atoms with Gasteiger partial charge in [0.05, 0.1) is 13.1 Å². The van der Waals surface area contributed by atoms with Crippen molar-refractivity contribution in [1.29, 1.82) is 0 Å². The third kappa shape index (κ3) is 5.04. The molecular weight excluding hydrogens is 443 g/mol. The number of carbonyl (C=O) groups excluding carboxylic acids is 2. The molecule has 0 bridgehead atoms. The predicted molar refractivity (Wildman–Crippen MR) is 135 cm³/mol. The summed E-state index contributed by atoms with van der Waals surface area (Å²) < 4.78 is 0. The van der Waals surface area contributed by atoms with Gasteiger partial charge in [-0.1, -0.05) is 37.1 Å². The molecule has 0 N–H and O–H groups in total. The van der Waals surface area contributed by atoms with Crippen molar-refractivity contribution in [3.63, 3.8) is 0 Å². The molecule has 0 radical (unpaired) electrons. The van der Waals surface area contributed by atoms with Gasteiger partial charge in [0.1, 0.15) is 0 Å². The average Bonchev–Trinajstić information content (AvgIpc) is 3.21. The van der Waals surface area contributed by atoms with E-state index in [0.717, 1.165) is 55.5 Å². The van der Waals surface area contributed by atoms with E-state index >= 15 is 0 Å². The van der Waals surface area contributed by atoms with Gasteiger partial charge in [0.2, 0.25) is 0 Å².